The monoisotopic (exact) mass is 410 g/mol. The van der Waals surface area contributed by atoms with Gasteiger partial charge in [-0.05, 0) is 28.7 Å². The van der Waals surface area contributed by atoms with E-state index in [1.165, 1.54) is 22.7 Å². The normalized spacial score (nSPS) is 20.0. The lowest BCUT2D eigenvalue weighted by Gasteiger charge is -2.38. The fourth-order valence-corrected chi connectivity index (χ4v) is 8.70. The van der Waals surface area contributed by atoms with Crippen molar-refractivity contribution in [2.75, 3.05) is 6.61 Å². The van der Waals surface area contributed by atoms with E-state index >= 15 is 0 Å². The summed E-state index contributed by atoms with van der Waals surface area (Å²) in [6.45, 7) is 22.7. The smallest absolute Gasteiger partial charge is 0.123 e. The lowest BCUT2D eigenvalue weighted by atomic mass is 9.76. The Hall–Kier alpha value is -1.33. The van der Waals surface area contributed by atoms with E-state index in [0.29, 0.717) is 0 Å². The van der Waals surface area contributed by atoms with Crippen molar-refractivity contribution in [1.82, 2.24) is 0 Å². The van der Waals surface area contributed by atoms with E-state index in [2.05, 4.69) is 103 Å². The van der Waals surface area contributed by atoms with Gasteiger partial charge in [0.05, 0.1) is 13.5 Å². The van der Waals surface area contributed by atoms with Crippen LogP contribution in [0.15, 0.2) is 42.5 Å². The first-order valence-electron chi connectivity index (χ1n) is 10.6. The van der Waals surface area contributed by atoms with Gasteiger partial charge >= 0.3 is 0 Å². The summed E-state index contributed by atoms with van der Waals surface area (Å²) in [4.78, 5) is 0. The second kappa shape index (κ2) is 6.88. The van der Waals surface area contributed by atoms with Gasteiger partial charge in [-0.2, -0.15) is 0 Å². The van der Waals surface area contributed by atoms with Crippen LogP contribution in [0.5, 0.6) is 5.75 Å². The van der Waals surface area contributed by atoms with Gasteiger partial charge in [0, 0.05) is 13.6 Å². The Morgan fingerprint density at radius 3 is 2.11 bits per heavy atom. The molecule has 1 nitrogen and oxygen atoms in total. The van der Waals surface area contributed by atoms with Crippen molar-refractivity contribution in [2.45, 2.75) is 76.9 Å². The van der Waals surface area contributed by atoms with Gasteiger partial charge in [0.2, 0.25) is 0 Å². The van der Waals surface area contributed by atoms with Crippen LogP contribution in [0.4, 0.5) is 0 Å². The van der Waals surface area contributed by atoms with Gasteiger partial charge in [-0.1, -0.05) is 102 Å². The molecule has 1 aliphatic rings. The highest BCUT2D eigenvalue weighted by molar-refractivity contribution is 6.89. The van der Waals surface area contributed by atoms with Gasteiger partial charge in [0.1, 0.15) is 12.4 Å². The molecule has 1 atom stereocenters. The first kappa shape index (κ1) is 21.4. The highest BCUT2D eigenvalue weighted by Gasteiger charge is 2.47. The summed E-state index contributed by atoms with van der Waals surface area (Å²) in [5.74, 6) is 1.09. The third kappa shape index (κ3) is 4.02. The van der Waals surface area contributed by atoms with E-state index in [1.54, 1.807) is 5.19 Å². The fourth-order valence-electron chi connectivity index (χ4n) is 4.68. The molecule has 0 saturated heterocycles. The summed E-state index contributed by atoms with van der Waals surface area (Å²) in [6.07, 6.45) is 0. The summed E-state index contributed by atoms with van der Waals surface area (Å²) in [5, 5.41) is 1.61. The molecular formula is C25H38OSi2. The van der Waals surface area contributed by atoms with Crippen LogP contribution in [-0.4, -0.2) is 22.8 Å². The molecule has 0 aliphatic carbocycles. The molecule has 152 valence electrons. The molecule has 1 aliphatic heterocycles. The Balaban J connectivity index is 2.31. The van der Waals surface area contributed by atoms with Crippen LogP contribution in [0.25, 0.3) is 0 Å². The number of fused-ring (bicyclic) bond motifs is 1. The van der Waals surface area contributed by atoms with Crippen LogP contribution in [-0.2, 0) is 10.8 Å². The van der Waals surface area contributed by atoms with Crippen LogP contribution in [0.3, 0.4) is 0 Å². The van der Waals surface area contributed by atoms with E-state index in [0.717, 1.165) is 12.4 Å². The zero-order valence-electron chi connectivity index (χ0n) is 19.4. The predicted molar refractivity (Wildman–Crippen MR) is 129 cm³/mol. The minimum atomic E-state index is -1.54. The standard InChI is InChI=1S/C25H38OSi2/c1-24(2,3)19-14-15-21(23(16-19)28(7,8)9)25(18-27(4,5)6)17-26-22-13-11-10-12-20(22)25/h10-16H,17-18H2,1-9H3. The number of para-hydroxylation sites is 1. The number of hydrogen-bond donors (Lipinski definition) is 0. The highest BCUT2D eigenvalue weighted by Crippen LogP contribution is 2.48. The molecule has 0 amide bonds. The molecule has 1 unspecified atom stereocenters. The van der Waals surface area contributed by atoms with Gasteiger partial charge in [-0.25, -0.2) is 0 Å². The molecule has 0 fully saturated rings. The Morgan fingerprint density at radius 1 is 0.893 bits per heavy atom. The summed E-state index contributed by atoms with van der Waals surface area (Å²) in [7, 11) is -2.88. The molecule has 0 radical (unpaired) electrons. The number of rotatable bonds is 4. The quantitative estimate of drug-likeness (QED) is 0.520. The average molecular weight is 411 g/mol. The Morgan fingerprint density at radius 2 is 1.54 bits per heavy atom. The summed E-state index contributed by atoms with van der Waals surface area (Å²) in [5.41, 5.74) is 4.55. The Bertz CT molecular complexity index is 865. The average Bonchev–Trinajstić information content (AvgIpc) is 2.91. The maximum atomic E-state index is 6.32. The molecule has 0 spiro atoms. The molecule has 0 bridgehead atoms. The van der Waals surface area contributed by atoms with Crippen molar-refractivity contribution in [1.29, 1.82) is 0 Å². The van der Waals surface area contributed by atoms with Gasteiger partial charge in [-0.3, -0.25) is 0 Å². The van der Waals surface area contributed by atoms with Crippen molar-refractivity contribution >= 4 is 21.3 Å². The second-order valence-corrected chi connectivity index (χ2v) is 22.4. The SMILES string of the molecule is CC(C)(C)c1ccc(C2(C[Si](C)(C)C)COc3ccccc32)c([Si](C)(C)C)c1. The van der Waals surface area contributed by atoms with E-state index in [-0.39, 0.29) is 10.8 Å². The number of benzene rings is 2. The molecule has 2 aromatic carbocycles. The third-order valence-corrected chi connectivity index (χ3v) is 9.61. The van der Waals surface area contributed by atoms with Crippen molar-refractivity contribution in [2.24, 2.45) is 0 Å². The Labute approximate surface area is 174 Å². The lowest BCUT2D eigenvalue weighted by molar-refractivity contribution is 0.302. The molecule has 1 heterocycles. The van der Waals surface area contributed by atoms with Crippen molar-refractivity contribution < 1.29 is 4.74 Å². The molecule has 0 saturated carbocycles. The first-order chi connectivity index (χ1) is 12.7. The van der Waals surface area contributed by atoms with E-state index in [9.17, 15) is 0 Å². The van der Waals surface area contributed by atoms with Gasteiger partial charge in [0.15, 0.2) is 0 Å². The zero-order chi connectivity index (χ0) is 21.0. The molecule has 28 heavy (non-hydrogen) atoms. The highest BCUT2D eigenvalue weighted by atomic mass is 28.3. The van der Waals surface area contributed by atoms with E-state index < -0.39 is 16.1 Å². The first-order valence-corrected chi connectivity index (χ1v) is 17.8. The molecule has 3 rings (SSSR count). The van der Waals surface area contributed by atoms with E-state index in [1.807, 2.05) is 0 Å². The van der Waals surface area contributed by atoms with Gasteiger partial charge in [0.25, 0.3) is 0 Å². The number of hydrogen-bond acceptors (Lipinski definition) is 1. The fraction of sp³-hybridized carbons (Fsp3) is 0.520. The molecule has 2 aromatic rings. The van der Waals surface area contributed by atoms with Crippen molar-refractivity contribution in [3.63, 3.8) is 0 Å². The second-order valence-electron chi connectivity index (χ2n) is 11.9. The predicted octanol–water partition coefficient (Wildman–Crippen LogP) is 6.55. The van der Waals surface area contributed by atoms with Crippen LogP contribution in [0, 0.1) is 0 Å². The molecule has 0 aromatic heterocycles. The summed E-state index contributed by atoms with van der Waals surface area (Å²) >= 11 is 0. The maximum Gasteiger partial charge on any atom is 0.123 e. The Kier molecular flexibility index (Phi) is 5.25. The van der Waals surface area contributed by atoms with Crippen LogP contribution >= 0.6 is 0 Å². The molecule has 0 N–H and O–H groups in total. The number of ether oxygens (including phenoxy) is 1. The minimum absolute atomic E-state index is 0.00685. The molecule has 3 heteroatoms. The molecular weight excluding hydrogens is 372 g/mol. The minimum Gasteiger partial charge on any atom is -0.492 e. The lowest BCUT2D eigenvalue weighted by Crippen LogP contribution is -2.48. The maximum absolute atomic E-state index is 6.32. The van der Waals surface area contributed by atoms with E-state index in [4.69, 9.17) is 4.74 Å². The third-order valence-electron chi connectivity index (χ3n) is 5.92. The van der Waals surface area contributed by atoms with Crippen molar-refractivity contribution in [3.05, 3.63) is 59.2 Å². The zero-order valence-corrected chi connectivity index (χ0v) is 21.4. The topological polar surface area (TPSA) is 9.23 Å². The summed E-state index contributed by atoms with van der Waals surface area (Å²) in [6, 6.07) is 17.4. The van der Waals surface area contributed by atoms with Gasteiger partial charge in [-0.15, -0.1) is 0 Å². The largest absolute Gasteiger partial charge is 0.492 e. The van der Waals surface area contributed by atoms with Crippen LogP contribution in [0.1, 0.15) is 37.5 Å². The van der Waals surface area contributed by atoms with Gasteiger partial charge < -0.3 is 4.74 Å². The van der Waals surface area contributed by atoms with Crippen LogP contribution in [0.2, 0.25) is 45.3 Å². The van der Waals surface area contributed by atoms with Crippen LogP contribution < -0.4 is 9.92 Å². The summed E-state index contributed by atoms with van der Waals surface area (Å²) < 4.78 is 6.32. The van der Waals surface area contributed by atoms with Crippen molar-refractivity contribution in [3.8, 4) is 5.75 Å².